The highest BCUT2D eigenvalue weighted by Crippen LogP contribution is 2.26. The number of carbonyl (C=O) groups excluding carboxylic acids is 1. The van der Waals surface area contributed by atoms with Gasteiger partial charge < -0.3 is 10.1 Å². The van der Waals surface area contributed by atoms with Crippen molar-refractivity contribution in [2.45, 2.75) is 13.3 Å². The molecule has 0 saturated heterocycles. The number of carbonyl (C=O) groups is 1. The average Bonchev–Trinajstić information content (AvgIpc) is 2.31. The van der Waals surface area contributed by atoms with Crippen LogP contribution < -0.4 is 5.32 Å². The molecule has 0 aliphatic heterocycles. The van der Waals surface area contributed by atoms with Gasteiger partial charge in [0.1, 0.15) is 0 Å². The number of halogens is 1. The third-order valence-electron chi connectivity index (χ3n) is 2.11. The van der Waals surface area contributed by atoms with Gasteiger partial charge in [0.15, 0.2) is 0 Å². The Kier molecular flexibility index (Phi) is 5.38. The lowest BCUT2D eigenvalue weighted by molar-refractivity contribution is -0.384. The van der Waals surface area contributed by atoms with Crippen LogP contribution in [0.25, 0.3) is 0 Å². The van der Waals surface area contributed by atoms with Gasteiger partial charge in [-0.15, -0.1) is 0 Å². The van der Waals surface area contributed by atoms with E-state index in [4.69, 9.17) is 16.3 Å². The Bertz CT molecular complexity index is 451. The summed E-state index contributed by atoms with van der Waals surface area (Å²) >= 11 is 5.87. The van der Waals surface area contributed by atoms with Gasteiger partial charge in [0, 0.05) is 18.7 Å². The molecule has 0 fully saturated rings. The summed E-state index contributed by atoms with van der Waals surface area (Å²) in [6.07, 6.45) is 0.209. The summed E-state index contributed by atoms with van der Waals surface area (Å²) in [7, 11) is 0. The van der Waals surface area contributed by atoms with E-state index in [2.05, 4.69) is 5.32 Å². The van der Waals surface area contributed by atoms with Gasteiger partial charge in [0.25, 0.3) is 5.69 Å². The van der Waals surface area contributed by atoms with Crippen LogP contribution in [-0.2, 0) is 9.53 Å². The molecule has 1 aromatic carbocycles. The van der Waals surface area contributed by atoms with Crippen LogP contribution in [0.1, 0.15) is 13.3 Å². The van der Waals surface area contributed by atoms with Gasteiger partial charge in [-0.1, -0.05) is 11.6 Å². The lowest BCUT2D eigenvalue weighted by Crippen LogP contribution is -2.11. The van der Waals surface area contributed by atoms with Crippen molar-refractivity contribution in [2.24, 2.45) is 0 Å². The fourth-order valence-electron chi connectivity index (χ4n) is 1.29. The minimum atomic E-state index is -0.520. The zero-order valence-corrected chi connectivity index (χ0v) is 10.6. The summed E-state index contributed by atoms with van der Waals surface area (Å²) in [5, 5.41) is 13.7. The predicted octanol–water partition coefficient (Wildman–Crippen LogP) is 2.61. The average molecular weight is 273 g/mol. The van der Waals surface area contributed by atoms with Crippen LogP contribution >= 0.6 is 11.6 Å². The second kappa shape index (κ2) is 6.80. The first-order chi connectivity index (χ1) is 8.54. The Morgan fingerprint density at radius 2 is 2.28 bits per heavy atom. The number of hydrogen-bond acceptors (Lipinski definition) is 5. The van der Waals surface area contributed by atoms with Crippen molar-refractivity contribution in [2.75, 3.05) is 18.5 Å². The Morgan fingerprint density at radius 3 is 2.83 bits per heavy atom. The number of nitrogens with one attached hydrogen (secondary N) is 1. The van der Waals surface area contributed by atoms with Crippen LogP contribution in [0.3, 0.4) is 0 Å². The van der Waals surface area contributed by atoms with Gasteiger partial charge in [-0.2, -0.15) is 0 Å². The smallest absolute Gasteiger partial charge is 0.307 e. The molecule has 6 nitrogen and oxygen atoms in total. The molecule has 1 N–H and O–H groups in total. The van der Waals surface area contributed by atoms with Gasteiger partial charge in [-0.05, 0) is 13.0 Å². The molecule has 18 heavy (non-hydrogen) atoms. The highest BCUT2D eigenvalue weighted by atomic mass is 35.5. The molecule has 0 aliphatic carbocycles. The van der Waals surface area contributed by atoms with Gasteiger partial charge in [0.05, 0.1) is 28.7 Å². The van der Waals surface area contributed by atoms with E-state index in [1.807, 2.05) is 0 Å². The molecular formula is C11H13ClN2O4. The van der Waals surface area contributed by atoms with E-state index in [-0.39, 0.29) is 23.1 Å². The van der Waals surface area contributed by atoms with E-state index < -0.39 is 4.92 Å². The molecule has 0 atom stereocenters. The topological polar surface area (TPSA) is 81.5 Å². The third-order valence-corrected chi connectivity index (χ3v) is 2.43. The summed E-state index contributed by atoms with van der Waals surface area (Å²) in [5.41, 5.74) is 0.475. The third kappa shape index (κ3) is 4.21. The zero-order valence-electron chi connectivity index (χ0n) is 9.81. The second-order valence-electron chi connectivity index (χ2n) is 3.40. The van der Waals surface area contributed by atoms with Crippen molar-refractivity contribution in [3.63, 3.8) is 0 Å². The molecule has 0 aliphatic rings. The molecule has 1 rings (SSSR count). The summed E-state index contributed by atoms with van der Waals surface area (Å²) in [6.45, 7) is 2.44. The first kappa shape index (κ1) is 14.2. The quantitative estimate of drug-likeness (QED) is 0.489. The molecule has 1 aromatic rings. The maximum atomic E-state index is 11.1. The van der Waals surface area contributed by atoms with Crippen molar-refractivity contribution in [3.8, 4) is 0 Å². The SMILES string of the molecule is CCOC(=O)CCNc1ccc([N+](=O)[O-])cc1Cl. The van der Waals surface area contributed by atoms with Crippen LogP contribution in [0.4, 0.5) is 11.4 Å². The number of esters is 1. The van der Waals surface area contributed by atoms with Crippen LogP contribution in [0.2, 0.25) is 5.02 Å². The molecule has 0 saturated carbocycles. The van der Waals surface area contributed by atoms with E-state index in [1.54, 1.807) is 6.92 Å². The number of hydrogen-bond donors (Lipinski definition) is 1. The first-order valence-electron chi connectivity index (χ1n) is 5.38. The van der Waals surface area contributed by atoms with Crippen molar-refractivity contribution in [1.82, 2.24) is 0 Å². The monoisotopic (exact) mass is 272 g/mol. The Balaban J connectivity index is 2.53. The zero-order chi connectivity index (χ0) is 13.5. The molecule has 98 valence electrons. The van der Waals surface area contributed by atoms with E-state index in [1.165, 1.54) is 18.2 Å². The van der Waals surface area contributed by atoms with Crippen LogP contribution in [0.5, 0.6) is 0 Å². The van der Waals surface area contributed by atoms with E-state index in [9.17, 15) is 14.9 Å². The lowest BCUT2D eigenvalue weighted by Gasteiger charge is -2.07. The van der Waals surface area contributed by atoms with Crippen molar-refractivity contribution in [3.05, 3.63) is 33.3 Å². The Labute approximate surface area is 109 Å². The number of benzene rings is 1. The van der Waals surface area contributed by atoms with Crippen molar-refractivity contribution >= 4 is 28.9 Å². The summed E-state index contributed by atoms with van der Waals surface area (Å²) in [5.74, 6) is -0.303. The molecule has 0 heterocycles. The molecule has 0 aromatic heterocycles. The summed E-state index contributed by atoms with van der Waals surface area (Å²) < 4.78 is 4.76. The maximum Gasteiger partial charge on any atom is 0.307 e. The fraction of sp³-hybridized carbons (Fsp3) is 0.364. The van der Waals surface area contributed by atoms with Crippen LogP contribution in [-0.4, -0.2) is 24.0 Å². The highest BCUT2D eigenvalue weighted by Gasteiger charge is 2.09. The van der Waals surface area contributed by atoms with Gasteiger partial charge in [-0.25, -0.2) is 0 Å². The van der Waals surface area contributed by atoms with E-state index >= 15 is 0 Å². The van der Waals surface area contributed by atoms with Crippen molar-refractivity contribution in [1.29, 1.82) is 0 Å². The summed E-state index contributed by atoms with van der Waals surface area (Å²) in [6, 6.07) is 4.11. The Hall–Kier alpha value is -1.82. The van der Waals surface area contributed by atoms with Crippen LogP contribution in [0, 0.1) is 10.1 Å². The molecule has 0 unspecified atom stereocenters. The highest BCUT2D eigenvalue weighted by molar-refractivity contribution is 6.33. The second-order valence-corrected chi connectivity index (χ2v) is 3.81. The van der Waals surface area contributed by atoms with Gasteiger partial charge in [0.2, 0.25) is 0 Å². The molecule has 0 radical (unpaired) electrons. The molecule has 0 amide bonds. The standard InChI is InChI=1S/C11H13ClN2O4/c1-2-18-11(15)5-6-13-10-4-3-8(14(16)17)7-9(10)12/h3-4,7,13H,2,5-6H2,1H3. The molecule has 7 heteroatoms. The first-order valence-corrected chi connectivity index (χ1v) is 5.75. The number of nitro groups is 1. The number of anilines is 1. The fourth-order valence-corrected chi connectivity index (χ4v) is 1.53. The number of rotatable bonds is 6. The van der Waals surface area contributed by atoms with Crippen LogP contribution in [0.15, 0.2) is 18.2 Å². The largest absolute Gasteiger partial charge is 0.466 e. The number of nitro benzene ring substituents is 1. The van der Waals surface area contributed by atoms with Gasteiger partial charge >= 0.3 is 5.97 Å². The molecular weight excluding hydrogens is 260 g/mol. The number of ether oxygens (including phenoxy) is 1. The minimum absolute atomic E-state index is 0.0732. The maximum absolute atomic E-state index is 11.1. The van der Waals surface area contributed by atoms with Crippen molar-refractivity contribution < 1.29 is 14.5 Å². The predicted molar refractivity (Wildman–Crippen MR) is 67.8 cm³/mol. The normalized spacial score (nSPS) is 9.89. The van der Waals surface area contributed by atoms with E-state index in [0.717, 1.165) is 0 Å². The lowest BCUT2D eigenvalue weighted by atomic mass is 10.2. The number of non-ortho nitro benzene ring substituents is 1. The summed E-state index contributed by atoms with van der Waals surface area (Å²) in [4.78, 5) is 21.1. The minimum Gasteiger partial charge on any atom is -0.466 e. The van der Waals surface area contributed by atoms with E-state index in [0.29, 0.717) is 18.8 Å². The van der Waals surface area contributed by atoms with Gasteiger partial charge in [-0.3, -0.25) is 14.9 Å². The number of nitrogens with zero attached hydrogens (tertiary/aromatic N) is 1. The molecule has 0 bridgehead atoms. The molecule has 0 spiro atoms. The Morgan fingerprint density at radius 1 is 1.56 bits per heavy atom.